The van der Waals surface area contributed by atoms with Crippen molar-refractivity contribution in [2.24, 2.45) is 0 Å². The van der Waals surface area contributed by atoms with Crippen molar-refractivity contribution in [3.8, 4) is 5.88 Å². The number of pyridine rings is 1. The van der Waals surface area contributed by atoms with Gasteiger partial charge in [0.15, 0.2) is 0 Å². The van der Waals surface area contributed by atoms with Crippen LogP contribution in [-0.4, -0.2) is 11.1 Å². The van der Waals surface area contributed by atoms with Crippen LogP contribution in [0.5, 0.6) is 5.88 Å². The van der Waals surface area contributed by atoms with E-state index in [4.69, 9.17) is 4.74 Å². The zero-order valence-corrected chi connectivity index (χ0v) is 9.89. The number of hydrogen-bond acceptors (Lipinski definition) is 2. The first-order valence-electron chi connectivity index (χ1n) is 5.97. The van der Waals surface area contributed by atoms with Gasteiger partial charge in [0, 0.05) is 25.1 Å². The van der Waals surface area contributed by atoms with Gasteiger partial charge in [-0.1, -0.05) is 30.3 Å². The summed E-state index contributed by atoms with van der Waals surface area (Å²) in [6.45, 7) is 2.03. The molecule has 86 valence electrons. The average molecular weight is 225 g/mol. The molecular formula is C15H15NO. The standard InChI is InChI=1S/C15H15NO/c1-11-6-7-15(16-10-11)17-14-8-12-4-2-3-5-13(12)9-14/h2-7,10,14H,8-9H2,1H3. The summed E-state index contributed by atoms with van der Waals surface area (Å²) in [5.41, 5.74) is 3.97. The Kier molecular flexibility index (Phi) is 2.56. The molecule has 0 aliphatic heterocycles. The quantitative estimate of drug-likeness (QED) is 0.784. The zero-order chi connectivity index (χ0) is 11.7. The monoisotopic (exact) mass is 225 g/mol. The van der Waals surface area contributed by atoms with Crippen LogP contribution in [-0.2, 0) is 12.8 Å². The molecule has 2 aromatic rings. The molecule has 1 aromatic carbocycles. The lowest BCUT2D eigenvalue weighted by molar-refractivity contribution is 0.205. The molecular weight excluding hydrogens is 210 g/mol. The Balaban J connectivity index is 1.71. The first-order chi connectivity index (χ1) is 8.31. The van der Waals surface area contributed by atoms with Gasteiger partial charge in [-0.05, 0) is 23.6 Å². The molecule has 0 atom stereocenters. The molecule has 1 heterocycles. The SMILES string of the molecule is Cc1ccc(OC2Cc3ccccc3C2)nc1. The van der Waals surface area contributed by atoms with Crippen molar-refractivity contribution in [3.63, 3.8) is 0 Å². The van der Waals surface area contributed by atoms with Gasteiger partial charge in [-0.2, -0.15) is 0 Å². The van der Waals surface area contributed by atoms with E-state index in [0.717, 1.165) is 24.3 Å². The van der Waals surface area contributed by atoms with Crippen LogP contribution in [0.15, 0.2) is 42.6 Å². The van der Waals surface area contributed by atoms with Gasteiger partial charge in [-0.25, -0.2) is 4.98 Å². The summed E-state index contributed by atoms with van der Waals surface area (Å²) in [5.74, 6) is 0.730. The van der Waals surface area contributed by atoms with Gasteiger partial charge in [0.1, 0.15) is 6.10 Å². The van der Waals surface area contributed by atoms with Crippen LogP contribution in [0.3, 0.4) is 0 Å². The largest absolute Gasteiger partial charge is 0.474 e. The van der Waals surface area contributed by atoms with Gasteiger partial charge in [-0.15, -0.1) is 0 Å². The van der Waals surface area contributed by atoms with Crippen LogP contribution in [0.1, 0.15) is 16.7 Å². The van der Waals surface area contributed by atoms with E-state index in [9.17, 15) is 0 Å². The third-order valence-electron chi connectivity index (χ3n) is 3.19. The van der Waals surface area contributed by atoms with Crippen molar-refractivity contribution in [2.75, 3.05) is 0 Å². The van der Waals surface area contributed by atoms with Gasteiger partial charge < -0.3 is 4.74 Å². The highest BCUT2D eigenvalue weighted by Crippen LogP contribution is 2.24. The number of rotatable bonds is 2. The molecule has 3 rings (SSSR count). The Bertz CT molecular complexity index is 494. The molecule has 0 N–H and O–H groups in total. The van der Waals surface area contributed by atoms with Crippen molar-refractivity contribution >= 4 is 0 Å². The summed E-state index contributed by atoms with van der Waals surface area (Å²) in [5, 5.41) is 0. The van der Waals surface area contributed by atoms with Gasteiger partial charge >= 0.3 is 0 Å². The van der Waals surface area contributed by atoms with Gasteiger partial charge in [0.2, 0.25) is 5.88 Å². The predicted molar refractivity (Wildman–Crippen MR) is 67.2 cm³/mol. The fourth-order valence-corrected chi connectivity index (χ4v) is 2.30. The third-order valence-corrected chi connectivity index (χ3v) is 3.19. The van der Waals surface area contributed by atoms with Crippen LogP contribution < -0.4 is 4.74 Å². The highest BCUT2D eigenvalue weighted by atomic mass is 16.5. The summed E-state index contributed by atoms with van der Waals surface area (Å²) < 4.78 is 5.90. The molecule has 0 bridgehead atoms. The van der Waals surface area contributed by atoms with Gasteiger partial charge in [0.05, 0.1) is 0 Å². The topological polar surface area (TPSA) is 22.1 Å². The first kappa shape index (κ1) is 10.3. The molecule has 1 aliphatic rings. The Morgan fingerprint density at radius 2 is 1.76 bits per heavy atom. The summed E-state index contributed by atoms with van der Waals surface area (Å²) in [6.07, 6.45) is 4.07. The van der Waals surface area contributed by atoms with Gasteiger partial charge in [-0.3, -0.25) is 0 Å². The summed E-state index contributed by atoms with van der Waals surface area (Å²) in [6, 6.07) is 12.5. The fourth-order valence-electron chi connectivity index (χ4n) is 2.30. The highest BCUT2D eigenvalue weighted by Gasteiger charge is 2.22. The maximum Gasteiger partial charge on any atom is 0.213 e. The second-order valence-corrected chi connectivity index (χ2v) is 4.59. The highest BCUT2D eigenvalue weighted by molar-refractivity contribution is 5.33. The van der Waals surface area contributed by atoms with Crippen LogP contribution in [0, 0.1) is 6.92 Å². The third kappa shape index (κ3) is 2.16. The molecule has 0 radical (unpaired) electrons. The maximum absolute atomic E-state index is 5.90. The van der Waals surface area contributed by atoms with E-state index in [1.807, 2.05) is 25.3 Å². The van der Waals surface area contributed by atoms with Crippen molar-refractivity contribution < 1.29 is 4.74 Å². The predicted octanol–water partition coefficient (Wildman–Crippen LogP) is 2.94. The minimum atomic E-state index is 0.239. The van der Waals surface area contributed by atoms with E-state index in [-0.39, 0.29) is 6.10 Å². The van der Waals surface area contributed by atoms with Crippen LogP contribution in [0.2, 0.25) is 0 Å². The number of benzene rings is 1. The minimum Gasteiger partial charge on any atom is -0.474 e. The first-order valence-corrected chi connectivity index (χ1v) is 5.97. The normalized spacial score (nSPS) is 14.6. The van der Waals surface area contributed by atoms with Crippen LogP contribution in [0.25, 0.3) is 0 Å². The molecule has 2 nitrogen and oxygen atoms in total. The lowest BCUT2D eigenvalue weighted by Crippen LogP contribution is -2.16. The van der Waals surface area contributed by atoms with E-state index < -0.39 is 0 Å². The molecule has 0 fully saturated rings. The Morgan fingerprint density at radius 1 is 1.06 bits per heavy atom. The lowest BCUT2D eigenvalue weighted by Gasteiger charge is -2.11. The number of aryl methyl sites for hydroxylation is 1. The Morgan fingerprint density at radius 3 is 2.35 bits per heavy atom. The number of aromatic nitrogens is 1. The molecule has 0 spiro atoms. The van der Waals surface area contributed by atoms with E-state index in [0.29, 0.717) is 0 Å². The van der Waals surface area contributed by atoms with Crippen LogP contribution >= 0.6 is 0 Å². The number of nitrogens with zero attached hydrogens (tertiary/aromatic N) is 1. The Labute approximate surface area is 101 Å². The molecule has 0 saturated carbocycles. The fraction of sp³-hybridized carbons (Fsp3) is 0.267. The minimum absolute atomic E-state index is 0.239. The second kappa shape index (κ2) is 4.21. The van der Waals surface area contributed by atoms with Gasteiger partial charge in [0.25, 0.3) is 0 Å². The molecule has 17 heavy (non-hydrogen) atoms. The molecule has 0 saturated heterocycles. The van der Waals surface area contributed by atoms with E-state index in [1.54, 1.807) is 0 Å². The van der Waals surface area contributed by atoms with E-state index >= 15 is 0 Å². The smallest absolute Gasteiger partial charge is 0.213 e. The average Bonchev–Trinajstić information content (AvgIpc) is 2.74. The second-order valence-electron chi connectivity index (χ2n) is 4.59. The van der Waals surface area contributed by atoms with Crippen molar-refractivity contribution in [2.45, 2.75) is 25.9 Å². The molecule has 1 aliphatic carbocycles. The van der Waals surface area contributed by atoms with E-state index in [1.165, 1.54) is 11.1 Å². The summed E-state index contributed by atoms with van der Waals surface area (Å²) >= 11 is 0. The van der Waals surface area contributed by atoms with Crippen LogP contribution in [0.4, 0.5) is 0 Å². The number of hydrogen-bond donors (Lipinski definition) is 0. The number of fused-ring (bicyclic) bond motifs is 1. The lowest BCUT2D eigenvalue weighted by atomic mass is 10.1. The molecule has 0 unspecified atom stereocenters. The zero-order valence-electron chi connectivity index (χ0n) is 9.89. The van der Waals surface area contributed by atoms with Crippen molar-refractivity contribution in [3.05, 3.63) is 59.3 Å². The molecule has 2 heteroatoms. The summed E-state index contributed by atoms with van der Waals surface area (Å²) in [7, 11) is 0. The van der Waals surface area contributed by atoms with E-state index in [2.05, 4.69) is 29.2 Å². The van der Waals surface area contributed by atoms with Crippen molar-refractivity contribution in [1.82, 2.24) is 4.98 Å². The maximum atomic E-state index is 5.90. The number of ether oxygens (including phenoxy) is 1. The molecule has 0 amide bonds. The van der Waals surface area contributed by atoms with Crippen molar-refractivity contribution in [1.29, 1.82) is 0 Å². The summed E-state index contributed by atoms with van der Waals surface area (Å²) in [4.78, 5) is 4.28. The Hall–Kier alpha value is -1.83. The molecule has 1 aromatic heterocycles.